The molecule has 0 atom stereocenters. The Kier molecular flexibility index (Phi) is 8.42. The number of halogens is 2. The van der Waals surface area contributed by atoms with Crippen molar-refractivity contribution < 1.29 is 14.2 Å². The first-order chi connectivity index (χ1) is 8.72. The van der Waals surface area contributed by atoms with Crippen LogP contribution < -0.4 is 4.74 Å². The predicted molar refractivity (Wildman–Crippen MR) is 76.6 cm³/mol. The lowest BCUT2D eigenvalue weighted by Gasteiger charge is -2.08. The van der Waals surface area contributed by atoms with Crippen LogP contribution in [0.15, 0.2) is 22.7 Å². The molecule has 0 spiro atoms. The zero-order valence-electron chi connectivity index (χ0n) is 10.5. The molecule has 0 amide bonds. The zero-order valence-corrected chi connectivity index (χ0v) is 12.8. The number of hydrogen-bond donors (Lipinski definition) is 0. The third-order valence-electron chi connectivity index (χ3n) is 2.05. The highest BCUT2D eigenvalue weighted by Crippen LogP contribution is 2.24. The summed E-state index contributed by atoms with van der Waals surface area (Å²) in [5.74, 6) is 0.736. The molecule has 1 aromatic carbocycles. The molecule has 18 heavy (non-hydrogen) atoms. The quantitative estimate of drug-likeness (QED) is 0.639. The first-order valence-electron chi connectivity index (χ1n) is 5.96. The maximum Gasteiger partial charge on any atom is 0.122 e. The number of hydrogen-bond acceptors (Lipinski definition) is 3. The van der Waals surface area contributed by atoms with E-state index in [1.165, 1.54) is 0 Å². The van der Waals surface area contributed by atoms with E-state index in [4.69, 9.17) is 25.8 Å². The van der Waals surface area contributed by atoms with Crippen LogP contribution in [0.1, 0.15) is 13.3 Å². The number of benzene rings is 1. The number of rotatable bonds is 9. The van der Waals surface area contributed by atoms with Gasteiger partial charge in [-0.15, -0.1) is 0 Å². The highest BCUT2D eigenvalue weighted by atomic mass is 79.9. The molecule has 0 aliphatic rings. The largest absolute Gasteiger partial charge is 0.491 e. The van der Waals surface area contributed by atoms with Gasteiger partial charge in [-0.2, -0.15) is 0 Å². The summed E-state index contributed by atoms with van der Waals surface area (Å²) in [6, 6.07) is 5.46. The van der Waals surface area contributed by atoms with Crippen LogP contribution >= 0.6 is 27.5 Å². The second kappa shape index (κ2) is 9.62. The molecule has 1 rings (SSSR count). The average Bonchev–Trinajstić information content (AvgIpc) is 2.31. The summed E-state index contributed by atoms with van der Waals surface area (Å²) in [6.07, 6.45) is 1.03. The summed E-state index contributed by atoms with van der Waals surface area (Å²) in [7, 11) is 0. The van der Waals surface area contributed by atoms with E-state index in [-0.39, 0.29) is 0 Å². The van der Waals surface area contributed by atoms with Crippen LogP contribution in [0.4, 0.5) is 0 Å². The zero-order chi connectivity index (χ0) is 13.2. The first-order valence-corrected chi connectivity index (χ1v) is 7.14. The Bertz CT molecular complexity index is 327. The Morgan fingerprint density at radius 1 is 1.00 bits per heavy atom. The van der Waals surface area contributed by atoms with E-state index in [9.17, 15) is 0 Å². The molecule has 0 aliphatic heterocycles. The lowest BCUT2D eigenvalue weighted by Crippen LogP contribution is -2.11. The minimum Gasteiger partial charge on any atom is -0.491 e. The van der Waals surface area contributed by atoms with Gasteiger partial charge < -0.3 is 14.2 Å². The maximum atomic E-state index is 5.90. The Morgan fingerprint density at radius 2 is 1.67 bits per heavy atom. The van der Waals surface area contributed by atoms with Gasteiger partial charge in [0.05, 0.1) is 19.8 Å². The van der Waals surface area contributed by atoms with Crippen LogP contribution in [0, 0.1) is 0 Å². The molecule has 0 saturated heterocycles. The summed E-state index contributed by atoms with van der Waals surface area (Å²) in [6.45, 7) is 5.15. The molecule has 0 radical (unpaired) electrons. The first kappa shape index (κ1) is 15.8. The van der Waals surface area contributed by atoms with E-state index in [1.807, 2.05) is 12.1 Å². The van der Waals surface area contributed by atoms with Crippen molar-refractivity contribution in [2.75, 3.05) is 33.0 Å². The maximum absolute atomic E-state index is 5.90. The molecule has 0 N–H and O–H groups in total. The lowest BCUT2D eigenvalue weighted by atomic mass is 10.3. The van der Waals surface area contributed by atoms with E-state index in [0.717, 1.165) is 23.2 Å². The summed E-state index contributed by atoms with van der Waals surface area (Å²) < 4.78 is 17.1. The van der Waals surface area contributed by atoms with Gasteiger partial charge in [-0.3, -0.25) is 0 Å². The fraction of sp³-hybridized carbons (Fsp3) is 0.538. The molecule has 0 aromatic heterocycles. The third-order valence-corrected chi connectivity index (χ3v) is 2.73. The van der Waals surface area contributed by atoms with Crippen LogP contribution in [-0.2, 0) is 9.47 Å². The van der Waals surface area contributed by atoms with Crippen molar-refractivity contribution in [1.29, 1.82) is 0 Å². The van der Waals surface area contributed by atoms with E-state index in [1.54, 1.807) is 6.07 Å². The SMILES string of the molecule is CCCOCCOCCOc1cc(Cl)cc(Br)c1. The molecule has 0 saturated carbocycles. The van der Waals surface area contributed by atoms with Crippen LogP contribution in [0.2, 0.25) is 5.02 Å². The van der Waals surface area contributed by atoms with Gasteiger partial charge in [-0.25, -0.2) is 0 Å². The third kappa shape index (κ3) is 7.21. The van der Waals surface area contributed by atoms with E-state index >= 15 is 0 Å². The molecular formula is C13H18BrClO3. The van der Waals surface area contributed by atoms with E-state index in [2.05, 4.69) is 22.9 Å². The van der Waals surface area contributed by atoms with E-state index < -0.39 is 0 Å². The van der Waals surface area contributed by atoms with Crippen molar-refractivity contribution >= 4 is 27.5 Å². The summed E-state index contributed by atoms with van der Waals surface area (Å²) >= 11 is 9.26. The van der Waals surface area contributed by atoms with Crippen molar-refractivity contribution in [2.45, 2.75) is 13.3 Å². The topological polar surface area (TPSA) is 27.7 Å². The lowest BCUT2D eigenvalue weighted by molar-refractivity contribution is 0.0366. The summed E-state index contributed by atoms with van der Waals surface area (Å²) in [4.78, 5) is 0. The van der Waals surface area contributed by atoms with Crippen LogP contribution in [0.25, 0.3) is 0 Å². The average molecular weight is 338 g/mol. The van der Waals surface area contributed by atoms with Gasteiger partial charge in [-0.05, 0) is 24.6 Å². The highest BCUT2D eigenvalue weighted by molar-refractivity contribution is 9.10. The molecular weight excluding hydrogens is 319 g/mol. The summed E-state index contributed by atoms with van der Waals surface area (Å²) in [5.41, 5.74) is 0. The number of ether oxygens (including phenoxy) is 3. The molecule has 102 valence electrons. The molecule has 0 bridgehead atoms. The minimum absolute atomic E-state index is 0.501. The molecule has 0 aliphatic carbocycles. The second-order valence-electron chi connectivity index (χ2n) is 3.68. The molecule has 0 heterocycles. The molecule has 3 nitrogen and oxygen atoms in total. The van der Waals surface area contributed by atoms with Gasteiger partial charge in [0.15, 0.2) is 0 Å². The van der Waals surface area contributed by atoms with Gasteiger partial charge in [-0.1, -0.05) is 34.5 Å². The van der Waals surface area contributed by atoms with Crippen molar-refractivity contribution in [3.63, 3.8) is 0 Å². The summed E-state index contributed by atoms with van der Waals surface area (Å²) in [5, 5.41) is 0.647. The van der Waals surface area contributed by atoms with Crippen molar-refractivity contribution in [3.8, 4) is 5.75 Å². The fourth-order valence-electron chi connectivity index (χ4n) is 1.30. The highest BCUT2D eigenvalue weighted by Gasteiger charge is 1.98. The van der Waals surface area contributed by atoms with Gasteiger partial charge in [0, 0.05) is 16.1 Å². The van der Waals surface area contributed by atoms with Crippen molar-refractivity contribution in [1.82, 2.24) is 0 Å². The van der Waals surface area contributed by atoms with Crippen LogP contribution in [0.3, 0.4) is 0 Å². The smallest absolute Gasteiger partial charge is 0.122 e. The van der Waals surface area contributed by atoms with E-state index in [0.29, 0.717) is 31.5 Å². The second-order valence-corrected chi connectivity index (χ2v) is 5.03. The van der Waals surface area contributed by atoms with Crippen LogP contribution in [0.5, 0.6) is 5.75 Å². The van der Waals surface area contributed by atoms with Crippen LogP contribution in [-0.4, -0.2) is 33.0 Å². The minimum atomic E-state index is 0.501. The molecule has 1 aromatic rings. The predicted octanol–water partition coefficient (Wildman–Crippen LogP) is 3.92. The molecule has 5 heteroatoms. The molecule has 0 unspecified atom stereocenters. The Labute approximate surface area is 121 Å². The Morgan fingerprint density at radius 3 is 2.33 bits per heavy atom. The van der Waals surface area contributed by atoms with Crippen molar-refractivity contribution in [2.24, 2.45) is 0 Å². The Balaban J connectivity index is 2.07. The fourth-order valence-corrected chi connectivity index (χ4v) is 2.13. The molecule has 0 fully saturated rings. The van der Waals surface area contributed by atoms with Gasteiger partial charge >= 0.3 is 0 Å². The standard InChI is InChI=1S/C13H18BrClO3/c1-2-3-16-4-5-17-6-7-18-13-9-11(14)8-12(15)10-13/h8-10H,2-7H2,1H3. The van der Waals surface area contributed by atoms with Gasteiger partial charge in [0.1, 0.15) is 12.4 Å². The monoisotopic (exact) mass is 336 g/mol. The van der Waals surface area contributed by atoms with Gasteiger partial charge in [0.2, 0.25) is 0 Å². The normalized spacial score (nSPS) is 10.6. The van der Waals surface area contributed by atoms with Gasteiger partial charge in [0.25, 0.3) is 0 Å². The Hall–Kier alpha value is -0.290. The van der Waals surface area contributed by atoms with Crippen molar-refractivity contribution in [3.05, 3.63) is 27.7 Å².